The van der Waals surface area contributed by atoms with Crippen molar-refractivity contribution < 1.29 is 4.79 Å². The first-order valence-electron chi connectivity index (χ1n) is 6.63. The van der Waals surface area contributed by atoms with Gasteiger partial charge in [0.1, 0.15) is 0 Å². The van der Waals surface area contributed by atoms with Crippen LogP contribution in [0.3, 0.4) is 0 Å². The Morgan fingerprint density at radius 3 is 2.22 bits per heavy atom. The molecule has 4 nitrogen and oxygen atoms in total. The number of anilines is 2. The van der Waals surface area contributed by atoms with E-state index in [1.807, 2.05) is 29.2 Å². The zero-order chi connectivity index (χ0) is 12.5. The summed E-state index contributed by atoms with van der Waals surface area (Å²) in [7, 11) is 0. The normalized spacial score (nSPS) is 20.0. The molecule has 1 amide bonds. The number of hydrogen-bond donors (Lipinski definition) is 1. The van der Waals surface area contributed by atoms with Crippen molar-refractivity contribution in [2.45, 2.75) is 12.8 Å². The molecular formula is C14H19N3O. The molecule has 0 bridgehead atoms. The highest BCUT2D eigenvalue weighted by atomic mass is 16.2. The molecule has 0 spiro atoms. The predicted molar refractivity (Wildman–Crippen MR) is 72.4 cm³/mol. The van der Waals surface area contributed by atoms with Crippen molar-refractivity contribution in [3.8, 4) is 0 Å². The number of nitrogen functional groups attached to an aromatic ring is 1. The molecule has 1 aliphatic heterocycles. The van der Waals surface area contributed by atoms with E-state index in [0.717, 1.165) is 44.7 Å². The van der Waals surface area contributed by atoms with Crippen LogP contribution >= 0.6 is 0 Å². The maximum Gasteiger partial charge on any atom is 0.225 e. The van der Waals surface area contributed by atoms with Crippen molar-refractivity contribution in [2.24, 2.45) is 5.92 Å². The highest BCUT2D eigenvalue weighted by Crippen LogP contribution is 2.31. The van der Waals surface area contributed by atoms with Gasteiger partial charge in [0.15, 0.2) is 0 Å². The van der Waals surface area contributed by atoms with Crippen LogP contribution in [0, 0.1) is 5.92 Å². The van der Waals surface area contributed by atoms with E-state index >= 15 is 0 Å². The third-order valence-electron chi connectivity index (χ3n) is 3.78. The fraction of sp³-hybridized carbons (Fsp3) is 0.500. The molecule has 2 aliphatic rings. The maximum absolute atomic E-state index is 11.9. The molecule has 1 aromatic rings. The third kappa shape index (κ3) is 2.28. The number of benzene rings is 1. The van der Waals surface area contributed by atoms with E-state index in [2.05, 4.69) is 4.90 Å². The minimum Gasteiger partial charge on any atom is -0.399 e. The quantitative estimate of drug-likeness (QED) is 0.800. The molecular weight excluding hydrogens is 226 g/mol. The Labute approximate surface area is 107 Å². The van der Waals surface area contributed by atoms with Gasteiger partial charge in [-0.05, 0) is 37.1 Å². The number of amides is 1. The smallest absolute Gasteiger partial charge is 0.225 e. The first-order chi connectivity index (χ1) is 8.74. The minimum absolute atomic E-state index is 0.341. The van der Waals surface area contributed by atoms with E-state index in [0.29, 0.717) is 11.8 Å². The number of nitrogens with two attached hydrogens (primary N) is 1. The van der Waals surface area contributed by atoms with Gasteiger partial charge in [-0.15, -0.1) is 0 Å². The largest absolute Gasteiger partial charge is 0.399 e. The Kier molecular flexibility index (Phi) is 2.86. The maximum atomic E-state index is 11.9. The molecule has 1 heterocycles. The zero-order valence-electron chi connectivity index (χ0n) is 10.5. The number of carbonyl (C=O) groups is 1. The van der Waals surface area contributed by atoms with Gasteiger partial charge < -0.3 is 15.5 Å². The van der Waals surface area contributed by atoms with Crippen molar-refractivity contribution in [3.63, 3.8) is 0 Å². The molecule has 0 radical (unpaired) electrons. The molecule has 1 aromatic carbocycles. The Morgan fingerprint density at radius 2 is 1.67 bits per heavy atom. The zero-order valence-corrected chi connectivity index (χ0v) is 10.5. The predicted octanol–water partition coefficient (Wildman–Crippen LogP) is 1.33. The van der Waals surface area contributed by atoms with Crippen molar-refractivity contribution in [2.75, 3.05) is 36.8 Å². The second-order valence-corrected chi connectivity index (χ2v) is 5.18. The molecule has 1 aliphatic carbocycles. The topological polar surface area (TPSA) is 49.6 Å². The van der Waals surface area contributed by atoms with Crippen LogP contribution in [-0.4, -0.2) is 37.0 Å². The van der Waals surface area contributed by atoms with E-state index in [4.69, 9.17) is 5.73 Å². The summed E-state index contributed by atoms with van der Waals surface area (Å²) in [6, 6.07) is 7.95. The van der Waals surface area contributed by atoms with Crippen LogP contribution in [0.1, 0.15) is 12.8 Å². The second kappa shape index (κ2) is 4.52. The van der Waals surface area contributed by atoms with Gasteiger partial charge in [-0.2, -0.15) is 0 Å². The molecule has 3 rings (SSSR count). The summed E-state index contributed by atoms with van der Waals surface area (Å²) >= 11 is 0. The lowest BCUT2D eigenvalue weighted by Gasteiger charge is -2.36. The van der Waals surface area contributed by atoms with Crippen molar-refractivity contribution in [1.29, 1.82) is 0 Å². The highest BCUT2D eigenvalue weighted by Gasteiger charge is 2.34. The Hall–Kier alpha value is -1.71. The lowest BCUT2D eigenvalue weighted by atomic mass is 10.2. The Morgan fingerprint density at radius 1 is 1.06 bits per heavy atom. The molecule has 0 atom stereocenters. The average Bonchev–Trinajstić information content (AvgIpc) is 3.23. The van der Waals surface area contributed by atoms with Crippen LogP contribution in [0.2, 0.25) is 0 Å². The molecule has 2 fully saturated rings. The molecule has 4 heteroatoms. The van der Waals surface area contributed by atoms with E-state index in [9.17, 15) is 4.79 Å². The molecule has 0 aromatic heterocycles. The van der Waals surface area contributed by atoms with E-state index in [1.54, 1.807) is 0 Å². The first-order valence-corrected chi connectivity index (χ1v) is 6.63. The number of carbonyl (C=O) groups excluding carboxylic acids is 1. The number of piperazine rings is 1. The van der Waals surface area contributed by atoms with Gasteiger partial charge in [-0.1, -0.05) is 0 Å². The van der Waals surface area contributed by atoms with Gasteiger partial charge in [-0.3, -0.25) is 4.79 Å². The lowest BCUT2D eigenvalue weighted by Crippen LogP contribution is -2.49. The summed E-state index contributed by atoms with van der Waals surface area (Å²) in [6.07, 6.45) is 2.19. The summed E-state index contributed by atoms with van der Waals surface area (Å²) in [5.41, 5.74) is 7.68. The van der Waals surface area contributed by atoms with Crippen LogP contribution in [0.5, 0.6) is 0 Å². The molecule has 96 valence electrons. The molecule has 2 N–H and O–H groups in total. The lowest BCUT2D eigenvalue weighted by molar-refractivity contribution is -0.132. The van der Waals surface area contributed by atoms with Gasteiger partial charge >= 0.3 is 0 Å². The number of nitrogens with zero attached hydrogens (tertiary/aromatic N) is 2. The number of rotatable bonds is 2. The van der Waals surface area contributed by atoms with Gasteiger partial charge in [-0.25, -0.2) is 0 Å². The summed E-state index contributed by atoms with van der Waals surface area (Å²) in [5.74, 6) is 0.708. The van der Waals surface area contributed by atoms with E-state index in [-0.39, 0.29) is 0 Å². The van der Waals surface area contributed by atoms with E-state index in [1.165, 1.54) is 5.69 Å². The fourth-order valence-corrected chi connectivity index (χ4v) is 2.46. The van der Waals surface area contributed by atoms with E-state index < -0.39 is 0 Å². The van der Waals surface area contributed by atoms with Crippen molar-refractivity contribution in [3.05, 3.63) is 24.3 Å². The highest BCUT2D eigenvalue weighted by molar-refractivity contribution is 5.81. The van der Waals surface area contributed by atoms with Crippen LogP contribution in [-0.2, 0) is 4.79 Å². The van der Waals surface area contributed by atoms with Crippen molar-refractivity contribution in [1.82, 2.24) is 4.90 Å². The van der Waals surface area contributed by atoms with Gasteiger partial charge in [0.25, 0.3) is 0 Å². The van der Waals surface area contributed by atoms with Crippen molar-refractivity contribution >= 4 is 17.3 Å². The second-order valence-electron chi connectivity index (χ2n) is 5.18. The van der Waals surface area contributed by atoms with Crippen LogP contribution in [0.4, 0.5) is 11.4 Å². The minimum atomic E-state index is 0.341. The SMILES string of the molecule is Nc1ccc(N2CCN(C(=O)C3CC3)CC2)cc1. The summed E-state index contributed by atoms with van der Waals surface area (Å²) in [4.78, 5) is 16.3. The third-order valence-corrected chi connectivity index (χ3v) is 3.78. The summed E-state index contributed by atoms with van der Waals surface area (Å²) in [6.45, 7) is 3.53. The summed E-state index contributed by atoms with van der Waals surface area (Å²) in [5, 5.41) is 0. The van der Waals surface area contributed by atoms with Crippen LogP contribution in [0.25, 0.3) is 0 Å². The molecule has 18 heavy (non-hydrogen) atoms. The van der Waals surface area contributed by atoms with Gasteiger partial charge in [0.05, 0.1) is 0 Å². The molecule has 1 saturated carbocycles. The van der Waals surface area contributed by atoms with Crippen LogP contribution in [0.15, 0.2) is 24.3 Å². The standard InChI is InChI=1S/C14H19N3O/c15-12-3-5-13(6-4-12)16-7-9-17(10-8-16)14(18)11-1-2-11/h3-6,11H,1-2,7-10,15H2. The average molecular weight is 245 g/mol. The van der Waals surface area contributed by atoms with Gasteiger partial charge in [0.2, 0.25) is 5.91 Å². The van der Waals surface area contributed by atoms with Gasteiger partial charge in [0, 0.05) is 43.5 Å². The molecule has 0 unspecified atom stereocenters. The Balaban J connectivity index is 1.59. The monoisotopic (exact) mass is 245 g/mol. The Bertz CT molecular complexity index is 431. The fourth-order valence-electron chi connectivity index (χ4n) is 2.46. The first kappa shape index (κ1) is 11.4. The number of hydrogen-bond acceptors (Lipinski definition) is 3. The molecule has 1 saturated heterocycles. The van der Waals surface area contributed by atoms with Crippen LogP contribution < -0.4 is 10.6 Å². The summed E-state index contributed by atoms with van der Waals surface area (Å²) < 4.78 is 0.